The first kappa shape index (κ1) is 55.7. The van der Waals surface area contributed by atoms with E-state index in [1.165, 1.54) is 0 Å². The maximum absolute atomic E-state index is 5.63. The van der Waals surface area contributed by atoms with Gasteiger partial charge in [0.15, 0.2) is 0 Å². The Bertz CT molecular complexity index is 3910. The highest BCUT2D eigenvalue weighted by molar-refractivity contribution is 6.15. The molecule has 0 saturated carbocycles. The van der Waals surface area contributed by atoms with Gasteiger partial charge in [-0.3, -0.25) is 0 Å². The zero-order valence-corrected chi connectivity index (χ0v) is 49.5. The van der Waals surface area contributed by atoms with Crippen LogP contribution in [0.4, 0.5) is 56.9 Å². The minimum atomic E-state index is 0.797. The van der Waals surface area contributed by atoms with Crippen molar-refractivity contribution in [1.82, 2.24) is 0 Å². The maximum Gasteiger partial charge on any atom is 0.119 e. The summed E-state index contributed by atoms with van der Waals surface area (Å²) in [4.78, 5) is 9.04. The molecule has 10 nitrogen and oxygen atoms in total. The molecule has 12 aromatic carbocycles. The van der Waals surface area contributed by atoms with Crippen molar-refractivity contribution in [2.45, 2.75) is 0 Å². The Morgan fingerprint density at radius 1 is 0.221 bits per heavy atom. The third-order valence-corrected chi connectivity index (χ3v) is 16.1. The largest absolute Gasteiger partial charge is 0.497 e. The molecule has 0 bridgehead atoms. The molecule has 0 unspecified atom stereocenters. The molecule has 0 spiro atoms. The standard InChI is InChI=1S/C76H66N4O6/c1-77(57-21-33-65(81-3)34-22-57)73-47-15-55-49-53(51-9-17-59(18-10-51)79(61-25-37-67(83-5)38-26-61)62-27-39-68(84-6)40-28-62)13-45-71(55)75(73)76-72-46-14-54(50-56(72)16-48-74(76)78(2)58-23-35-66(82-4)36-24-58)52-11-19-60(20-12-52)80(63-29-41-69(85-7)42-30-63)64-31-43-70(86-8)44-32-64/h9-50H,1-8H3. The van der Waals surface area contributed by atoms with E-state index in [-0.39, 0.29) is 0 Å². The number of methoxy groups -OCH3 is 6. The van der Waals surface area contributed by atoms with Crippen LogP contribution in [0.3, 0.4) is 0 Å². The van der Waals surface area contributed by atoms with E-state index in [1.54, 1.807) is 42.7 Å². The molecule has 0 heterocycles. The molecule has 0 radical (unpaired) electrons. The van der Waals surface area contributed by atoms with E-state index in [2.05, 4.69) is 216 Å². The maximum atomic E-state index is 5.63. The van der Waals surface area contributed by atoms with E-state index in [9.17, 15) is 0 Å². The zero-order chi connectivity index (χ0) is 59.3. The number of nitrogens with zero attached hydrogens (tertiary/aromatic N) is 4. The van der Waals surface area contributed by atoms with Gasteiger partial charge in [-0.25, -0.2) is 0 Å². The Hall–Kier alpha value is -10.8. The second-order valence-corrected chi connectivity index (χ2v) is 20.9. The first-order chi connectivity index (χ1) is 42.1. The van der Waals surface area contributed by atoms with Crippen LogP contribution in [0.5, 0.6) is 34.5 Å². The molecule has 12 aromatic rings. The topological polar surface area (TPSA) is 68.3 Å². The van der Waals surface area contributed by atoms with Gasteiger partial charge in [-0.05, 0) is 238 Å². The van der Waals surface area contributed by atoms with Gasteiger partial charge in [-0.15, -0.1) is 0 Å². The summed E-state index contributed by atoms with van der Waals surface area (Å²) in [5, 5.41) is 4.44. The molecule has 12 rings (SSSR count). The molecular weight excluding hydrogens is 1060 g/mol. The quantitative estimate of drug-likeness (QED) is 0.0782. The van der Waals surface area contributed by atoms with Gasteiger partial charge in [-0.2, -0.15) is 0 Å². The predicted molar refractivity (Wildman–Crippen MR) is 355 cm³/mol. The van der Waals surface area contributed by atoms with Gasteiger partial charge >= 0.3 is 0 Å². The van der Waals surface area contributed by atoms with Gasteiger partial charge in [-0.1, -0.05) is 60.7 Å². The Morgan fingerprint density at radius 3 is 0.686 bits per heavy atom. The van der Waals surface area contributed by atoms with Crippen molar-refractivity contribution in [2.75, 3.05) is 76.4 Å². The number of hydrogen-bond donors (Lipinski definition) is 0. The lowest BCUT2D eigenvalue weighted by Gasteiger charge is -2.29. The second-order valence-electron chi connectivity index (χ2n) is 20.9. The van der Waals surface area contributed by atoms with Crippen LogP contribution in [0, 0.1) is 0 Å². The van der Waals surface area contributed by atoms with E-state index in [4.69, 9.17) is 28.4 Å². The summed E-state index contributed by atoms with van der Waals surface area (Å²) in [6.07, 6.45) is 0. The van der Waals surface area contributed by atoms with Crippen molar-refractivity contribution in [3.8, 4) is 67.9 Å². The van der Waals surface area contributed by atoms with Crippen molar-refractivity contribution < 1.29 is 28.4 Å². The highest BCUT2D eigenvalue weighted by atomic mass is 16.5. The Morgan fingerprint density at radius 2 is 0.442 bits per heavy atom. The van der Waals surface area contributed by atoms with Gasteiger partial charge in [0, 0.05) is 82.1 Å². The van der Waals surface area contributed by atoms with E-state index < -0.39 is 0 Å². The molecule has 0 amide bonds. The van der Waals surface area contributed by atoms with Gasteiger partial charge < -0.3 is 48.0 Å². The summed E-state index contributed by atoms with van der Waals surface area (Å²) < 4.78 is 33.4. The van der Waals surface area contributed by atoms with Gasteiger partial charge in [0.2, 0.25) is 0 Å². The Labute approximate surface area is 503 Å². The highest BCUT2D eigenvalue weighted by Crippen LogP contribution is 2.50. The van der Waals surface area contributed by atoms with Gasteiger partial charge in [0.25, 0.3) is 0 Å². The summed E-state index contributed by atoms with van der Waals surface area (Å²) in [7, 11) is 14.4. The van der Waals surface area contributed by atoms with Gasteiger partial charge in [0.05, 0.1) is 42.7 Å². The molecule has 10 heteroatoms. The minimum Gasteiger partial charge on any atom is -0.497 e. The monoisotopic (exact) mass is 1130 g/mol. The summed E-state index contributed by atoms with van der Waals surface area (Å²) in [5.41, 5.74) is 16.8. The van der Waals surface area contributed by atoms with Crippen LogP contribution >= 0.6 is 0 Å². The summed E-state index contributed by atoms with van der Waals surface area (Å²) in [6, 6.07) is 89.4. The third-order valence-electron chi connectivity index (χ3n) is 16.1. The lowest BCUT2D eigenvalue weighted by molar-refractivity contribution is 0.414. The second kappa shape index (κ2) is 24.5. The molecule has 0 aromatic heterocycles. The minimum absolute atomic E-state index is 0.797. The van der Waals surface area contributed by atoms with E-state index in [0.717, 1.165) is 146 Å². The van der Waals surface area contributed by atoms with Crippen LogP contribution < -0.4 is 48.0 Å². The molecule has 0 N–H and O–H groups in total. The Balaban J connectivity index is 0.988. The fourth-order valence-corrected chi connectivity index (χ4v) is 11.4. The third kappa shape index (κ3) is 11.1. The fraction of sp³-hybridized carbons (Fsp3) is 0.105. The normalized spacial score (nSPS) is 11.0. The van der Waals surface area contributed by atoms with Crippen LogP contribution in [0.25, 0.3) is 54.9 Å². The average molecular weight is 1130 g/mol. The van der Waals surface area contributed by atoms with Crippen molar-refractivity contribution >= 4 is 78.4 Å². The molecule has 86 heavy (non-hydrogen) atoms. The lowest BCUT2D eigenvalue weighted by Crippen LogP contribution is -2.14. The van der Waals surface area contributed by atoms with Crippen molar-refractivity contribution in [3.63, 3.8) is 0 Å². The Kier molecular flexibility index (Phi) is 15.9. The number of ether oxygens (including phenoxy) is 6. The summed E-state index contributed by atoms with van der Waals surface area (Å²) >= 11 is 0. The predicted octanol–water partition coefficient (Wildman–Crippen LogP) is 19.5. The summed E-state index contributed by atoms with van der Waals surface area (Å²) in [6.45, 7) is 0. The van der Waals surface area contributed by atoms with Crippen LogP contribution in [0.2, 0.25) is 0 Å². The van der Waals surface area contributed by atoms with E-state index in [1.807, 2.05) is 72.8 Å². The molecule has 0 aliphatic carbocycles. The number of fused-ring (bicyclic) bond motifs is 2. The number of benzene rings is 12. The number of hydrogen-bond acceptors (Lipinski definition) is 10. The molecule has 0 fully saturated rings. The van der Waals surface area contributed by atoms with Crippen LogP contribution in [-0.4, -0.2) is 56.8 Å². The van der Waals surface area contributed by atoms with Crippen molar-refractivity contribution in [2.24, 2.45) is 0 Å². The lowest BCUT2D eigenvalue weighted by atomic mass is 9.88. The molecule has 0 atom stereocenters. The average Bonchev–Trinajstić information content (AvgIpc) is 0.864. The number of anilines is 10. The van der Waals surface area contributed by atoms with Gasteiger partial charge in [0.1, 0.15) is 34.5 Å². The molecule has 0 aliphatic rings. The van der Waals surface area contributed by atoms with Crippen LogP contribution in [-0.2, 0) is 0 Å². The van der Waals surface area contributed by atoms with E-state index in [0.29, 0.717) is 0 Å². The number of rotatable bonds is 19. The zero-order valence-electron chi connectivity index (χ0n) is 49.5. The fourth-order valence-electron chi connectivity index (χ4n) is 11.4. The van der Waals surface area contributed by atoms with Crippen LogP contribution in [0.1, 0.15) is 0 Å². The van der Waals surface area contributed by atoms with E-state index >= 15 is 0 Å². The first-order valence-electron chi connectivity index (χ1n) is 28.4. The smallest absolute Gasteiger partial charge is 0.119 e. The van der Waals surface area contributed by atoms with Crippen LogP contribution in [0.15, 0.2) is 255 Å². The van der Waals surface area contributed by atoms with Crippen molar-refractivity contribution in [3.05, 3.63) is 255 Å². The molecule has 426 valence electrons. The first-order valence-corrected chi connectivity index (χ1v) is 28.4. The SMILES string of the molecule is COc1ccc(N(C)c2ccc3cc(-c4ccc(N(c5ccc(OC)cc5)c5ccc(OC)cc5)cc4)ccc3c2-c2c(N(C)c3ccc(OC)cc3)ccc3cc(-c4ccc(N(c5ccc(OC)cc5)c5ccc(OC)cc5)cc4)ccc23)cc1. The molecule has 0 saturated heterocycles. The molecule has 0 aliphatic heterocycles. The highest BCUT2D eigenvalue weighted by Gasteiger charge is 2.24. The summed E-state index contributed by atoms with van der Waals surface area (Å²) in [5.74, 6) is 4.78. The molecular formula is C76H66N4O6. The van der Waals surface area contributed by atoms with Crippen molar-refractivity contribution in [1.29, 1.82) is 0 Å².